The summed E-state index contributed by atoms with van der Waals surface area (Å²) < 4.78 is 79.5. The number of nitrogens with one attached hydrogen (secondary N) is 2. The number of allylic oxidation sites excluding steroid dienone is 2. The lowest BCUT2D eigenvalue weighted by atomic mass is 9.92. The van der Waals surface area contributed by atoms with E-state index >= 15 is 0 Å². The number of hydrazone groups is 2. The van der Waals surface area contributed by atoms with Gasteiger partial charge in [0, 0.05) is 28.8 Å². The van der Waals surface area contributed by atoms with Crippen molar-refractivity contribution in [2.75, 3.05) is 30.8 Å². The van der Waals surface area contributed by atoms with Crippen LogP contribution in [0, 0.1) is 10.1 Å². The van der Waals surface area contributed by atoms with Crippen molar-refractivity contribution >= 4 is 95.5 Å². The summed E-state index contributed by atoms with van der Waals surface area (Å²) in [5.41, 5.74) is 10.9. The number of Topliss-reactive ketones (excluding diaryl/α,β-unsaturated/α-hetero) is 1. The highest BCUT2D eigenvalue weighted by Crippen LogP contribution is 2.39. The predicted octanol–water partition coefficient (Wildman–Crippen LogP) is 6.53. The van der Waals surface area contributed by atoms with Crippen LogP contribution in [0.15, 0.2) is 121 Å². The fraction of sp³-hybridized carbons (Fsp3) is 0.0488. The molecule has 0 saturated heterocycles. The average Bonchev–Trinajstić information content (AvgIpc) is 3.26. The summed E-state index contributed by atoms with van der Waals surface area (Å²) in [6.07, 6.45) is 3.50. The highest BCUT2D eigenvalue weighted by molar-refractivity contribution is 7.91. The van der Waals surface area contributed by atoms with Gasteiger partial charge in [0.05, 0.1) is 46.7 Å². The molecule has 0 aromatic heterocycles. The van der Waals surface area contributed by atoms with Crippen LogP contribution in [0.25, 0.3) is 23.3 Å². The summed E-state index contributed by atoms with van der Waals surface area (Å²) in [7, 11) is -6.91. The first-order chi connectivity index (χ1) is 30.8. The van der Waals surface area contributed by atoms with Crippen LogP contribution in [0.2, 0.25) is 0 Å². The van der Waals surface area contributed by atoms with Crippen molar-refractivity contribution in [3.05, 3.63) is 134 Å². The first-order valence-electron chi connectivity index (χ1n) is 18.3. The number of carboxylic acid groups (broad SMARTS) is 1. The van der Waals surface area contributed by atoms with Gasteiger partial charge in [-0.15, -0.1) is 10.2 Å². The van der Waals surface area contributed by atoms with E-state index in [4.69, 9.17) is 15.2 Å². The lowest BCUT2D eigenvalue weighted by Crippen LogP contribution is -2.27. The number of anilines is 3. The third-order valence-electron chi connectivity index (χ3n) is 9.71. The second-order valence-electron chi connectivity index (χ2n) is 13.6. The van der Waals surface area contributed by atoms with E-state index in [1.807, 2.05) is 0 Å². The number of ether oxygens (including phenoxy) is 2. The van der Waals surface area contributed by atoms with Crippen molar-refractivity contribution in [2.24, 2.45) is 20.4 Å². The number of benzene rings is 5. The van der Waals surface area contributed by atoms with Crippen LogP contribution in [-0.2, 0) is 25.0 Å². The summed E-state index contributed by atoms with van der Waals surface area (Å²) in [5, 5.41) is 36.9. The largest absolute Gasteiger partial charge is 0.494 e. The van der Waals surface area contributed by atoms with Crippen LogP contribution in [0.5, 0.6) is 11.5 Å². The molecule has 0 bridgehead atoms. The molecule has 7 rings (SSSR count). The van der Waals surface area contributed by atoms with Gasteiger partial charge in [-0.2, -0.15) is 27.0 Å². The van der Waals surface area contributed by atoms with E-state index in [0.29, 0.717) is 33.7 Å². The van der Waals surface area contributed by atoms with Crippen LogP contribution >= 0.6 is 0 Å². The lowest BCUT2D eigenvalue weighted by Gasteiger charge is -2.18. The van der Waals surface area contributed by atoms with Crippen LogP contribution in [-0.4, -0.2) is 79.1 Å². The number of nitrogen functional groups attached to an aromatic ring is 1. The Balaban J connectivity index is 1.16. The van der Waals surface area contributed by atoms with Crippen molar-refractivity contribution in [2.45, 2.75) is 4.90 Å². The van der Waals surface area contributed by atoms with Gasteiger partial charge in [0.25, 0.3) is 25.9 Å². The first-order valence-corrected chi connectivity index (χ1v) is 21.2. The van der Waals surface area contributed by atoms with Crippen molar-refractivity contribution < 1.29 is 59.8 Å². The molecule has 7 N–H and O–H groups in total. The Labute approximate surface area is 366 Å². The van der Waals surface area contributed by atoms with E-state index in [2.05, 4.69) is 31.3 Å². The minimum atomic E-state index is -5.17. The van der Waals surface area contributed by atoms with Crippen LogP contribution in [0.1, 0.15) is 37.4 Å². The second kappa shape index (κ2) is 17.4. The molecule has 2 aliphatic carbocycles. The monoisotopic (exact) mass is 922 g/mol. The molecule has 0 unspecified atom stereocenters. The minimum Gasteiger partial charge on any atom is -0.494 e. The minimum absolute atomic E-state index is 0.0272. The van der Waals surface area contributed by atoms with Crippen LogP contribution in [0.3, 0.4) is 0 Å². The number of carboxylic acids is 1. The number of methoxy groups -OCH3 is 2. The van der Waals surface area contributed by atoms with Crippen molar-refractivity contribution in [3.63, 3.8) is 0 Å². The maximum atomic E-state index is 13.9. The summed E-state index contributed by atoms with van der Waals surface area (Å²) in [4.78, 5) is 47.5. The molecule has 5 aromatic carbocycles. The normalized spacial score (nSPS) is 14.8. The summed E-state index contributed by atoms with van der Waals surface area (Å²) in [6.45, 7) is 0. The lowest BCUT2D eigenvalue weighted by molar-refractivity contribution is -0.384. The second-order valence-corrected chi connectivity index (χ2v) is 16.4. The van der Waals surface area contributed by atoms with E-state index < -0.39 is 64.6 Å². The van der Waals surface area contributed by atoms with Gasteiger partial charge in [0.1, 0.15) is 33.5 Å². The quantitative estimate of drug-likeness (QED) is 0.0240. The number of carbonyl (C=O) groups is 3. The first kappa shape index (κ1) is 44.6. The Hall–Kier alpha value is -8.45. The fourth-order valence-electron chi connectivity index (χ4n) is 6.53. The number of carbonyl (C=O) groups excluding carboxylic acids is 2. The molecule has 0 atom stereocenters. The maximum absolute atomic E-state index is 13.9. The molecule has 0 fully saturated rings. The van der Waals surface area contributed by atoms with Gasteiger partial charge in [-0.1, -0.05) is 24.3 Å². The topological polar surface area (TPSA) is 341 Å². The molecule has 330 valence electrons. The molecule has 0 heterocycles. The van der Waals surface area contributed by atoms with Crippen LogP contribution < -0.4 is 26.1 Å². The summed E-state index contributed by atoms with van der Waals surface area (Å²) in [5.74, 6) is -2.56. The Bertz CT molecular complexity index is 3310. The summed E-state index contributed by atoms with van der Waals surface area (Å²) in [6, 6.07) is 18.7. The van der Waals surface area contributed by atoms with Gasteiger partial charge in [-0.05, 0) is 83.4 Å². The smallest absolute Gasteiger partial charge is 0.338 e. The number of nitrogens with two attached hydrogens (primary N) is 1. The standard InChI is InChI=1S/C41H30N8O14S2/c1-62-34-16-20(3-11-31(34)44-47-38-25-8-7-24(64(56,57)58)15-22(25)5-14-33(38)50)21-4-12-32(35(17-21)63-2)45-48-39-36(65(59,60)61)19-27-26(40(39)51)9-10-29(42)37(27)46-43-30-13-6-23(49(54)55)18-28(30)41(52)53/h3-19,44-45H,42H2,1-2H3,(H,52,53)(H,56,57,58)(H,59,60,61)/b46-43?,47-38-,48-39-. The number of ketones is 2. The number of non-ortho nitro benzene ring substituents is 1. The molecule has 24 heteroatoms. The number of nitro groups is 1. The highest BCUT2D eigenvalue weighted by atomic mass is 32.2. The number of nitrogens with zero attached hydrogens (tertiary/aromatic N) is 5. The third-order valence-corrected chi connectivity index (χ3v) is 11.4. The summed E-state index contributed by atoms with van der Waals surface area (Å²) >= 11 is 0. The molecule has 0 radical (unpaired) electrons. The number of hydrogen-bond acceptors (Lipinski definition) is 18. The number of azo groups is 1. The maximum Gasteiger partial charge on any atom is 0.338 e. The van der Waals surface area contributed by atoms with Gasteiger partial charge in [-0.3, -0.25) is 39.7 Å². The predicted molar refractivity (Wildman–Crippen MR) is 235 cm³/mol. The van der Waals surface area contributed by atoms with E-state index in [9.17, 15) is 55.5 Å². The molecule has 2 aliphatic rings. The number of aromatic carboxylic acids is 1. The Morgan fingerprint density at radius 2 is 1.37 bits per heavy atom. The van der Waals surface area contributed by atoms with E-state index in [-0.39, 0.29) is 50.2 Å². The average molecular weight is 923 g/mol. The van der Waals surface area contributed by atoms with Crippen molar-refractivity contribution in [1.82, 2.24) is 0 Å². The number of fused-ring (bicyclic) bond motifs is 2. The van der Waals surface area contributed by atoms with E-state index in [0.717, 1.165) is 30.3 Å². The number of nitro benzene ring substituents is 1. The zero-order valence-electron chi connectivity index (χ0n) is 33.3. The Morgan fingerprint density at radius 1 is 0.754 bits per heavy atom. The van der Waals surface area contributed by atoms with Crippen molar-refractivity contribution in [3.8, 4) is 22.6 Å². The zero-order valence-corrected chi connectivity index (χ0v) is 34.9. The van der Waals surface area contributed by atoms with Gasteiger partial charge in [0.2, 0.25) is 11.6 Å². The molecule has 0 saturated carbocycles. The Kier molecular flexibility index (Phi) is 11.9. The molecule has 22 nitrogen and oxygen atoms in total. The molecule has 0 amide bonds. The fourth-order valence-corrected chi connectivity index (χ4v) is 7.69. The highest BCUT2D eigenvalue weighted by Gasteiger charge is 2.35. The molecule has 5 aromatic rings. The molecular weight excluding hydrogens is 893 g/mol. The Morgan fingerprint density at radius 3 is 1.94 bits per heavy atom. The number of hydrogen-bond donors (Lipinski definition) is 6. The van der Waals surface area contributed by atoms with Crippen molar-refractivity contribution in [1.29, 1.82) is 0 Å². The zero-order chi connectivity index (χ0) is 47.0. The van der Waals surface area contributed by atoms with E-state index in [1.165, 1.54) is 56.7 Å². The molecule has 0 aliphatic heterocycles. The van der Waals surface area contributed by atoms with Crippen LogP contribution in [0.4, 0.5) is 34.1 Å². The van der Waals surface area contributed by atoms with Gasteiger partial charge in [-0.25, -0.2) is 4.79 Å². The molecule has 65 heavy (non-hydrogen) atoms. The van der Waals surface area contributed by atoms with Gasteiger partial charge < -0.3 is 20.3 Å². The van der Waals surface area contributed by atoms with Gasteiger partial charge in [0.15, 0.2) is 5.71 Å². The molecular formula is C41H30N8O14S2. The molecule has 0 spiro atoms. The third kappa shape index (κ3) is 9.07. The number of rotatable bonds is 13. The van der Waals surface area contributed by atoms with E-state index in [1.54, 1.807) is 30.3 Å². The van der Waals surface area contributed by atoms with Gasteiger partial charge >= 0.3 is 5.97 Å². The SMILES string of the molecule is COc1cc(-c2ccc(N/N=C3\C(=O)c4ccc(N)c(N=Nc5ccc([N+](=O)[O-])cc5C(=O)O)c4C=C3S(=O)(=O)O)c(OC)c2)ccc1N/N=C1\C(=O)C=Cc2cc(S(=O)(=O)O)ccc21.